The maximum atomic E-state index is 13.1. The van der Waals surface area contributed by atoms with Gasteiger partial charge < -0.3 is 10.1 Å². The van der Waals surface area contributed by atoms with Gasteiger partial charge in [-0.2, -0.15) is 0 Å². The fourth-order valence-electron chi connectivity index (χ4n) is 1.63. The van der Waals surface area contributed by atoms with E-state index in [0.29, 0.717) is 16.5 Å². The molecule has 6 heteroatoms. The fourth-order valence-corrected chi connectivity index (χ4v) is 2.57. The van der Waals surface area contributed by atoms with Gasteiger partial charge in [0.25, 0.3) is 0 Å². The topological polar surface area (TPSA) is 56.2 Å². The zero-order valence-electron chi connectivity index (χ0n) is 9.25. The third-order valence-corrected chi connectivity index (χ3v) is 3.33. The summed E-state index contributed by atoms with van der Waals surface area (Å²) in [4.78, 5) is 9.20. The van der Waals surface area contributed by atoms with E-state index in [0.717, 1.165) is 4.90 Å². The van der Waals surface area contributed by atoms with Gasteiger partial charge in [0.1, 0.15) is 16.7 Å². The summed E-state index contributed by atoms with van der Waals surface area (Å²) in [6.07, 6.45) is 5.16. The summed E-state index contributed by atoms with van der Waals surface area (Å²) >= 11 is 1.34. The Bertz CT molecular complexity index is 710. The molecular formula is C12H9FN4S. The molecule has 0 aliphatic rings. The second-order valence-corrected chi connectivity index (χ2v) is 4.75. The van der Waals surface area contributed by atoms with Crippen molar-refractivity contribution >= 4 is 23.2 Å². The molecule has 0 aliphatic heterocycles. The van der Waals surface area contributed by atoms with Crippen molar-refractivity contribution in [3.05, 3.63) is 48.7 Å². The van der Waals surface area contributed by atoms with Gasteiger partial charge in [-0.25, -0.2) is 14.4 Å². The number of anilines is 1. The van der Waals surface area contributed by atoms with E-state index in [1.165, 1.54) is 23.9 Å². The van der Waals surface area contributed by atoms with Gasteiger partial charge in [0.15, 0.2) is 5.65 Å². The van der Waals surface area contributed by atoms with E-state index in [4.69, 9.17) is 5.73 Å². The van der Waals surface area contributed by atoms with E-state index in [2.05, 4.69) is 9.97 Å². The van der Waals surface area contributed by atoms with Crippen LogP contribution in [0.1, 0.15) is 0 Å². The highest BCUT2D eigenvalue weighted by Gasteiger charge is 2.08. The average molecular weight is 260 g/mol. The van der Waals surface area contributed by atoms with Crippen molar-refractivity contribution in [1.82, 2.24) is 14.4 Å². The molecule has 3 aromatic rings. The van der Waals surface area contributed by atoms with Crippen molar-refractivity contribution in [2.75, 3.05) is 5.73 Å². The third kappa shape index (κ3) is 2.02. The summed E-state index contributed by atoms with van der Waals surface area (Å²) < 4.78 is 14.9. The van der Waals surface area contributed by atoms with Crippen molar-refractivity contribution < 1.29 is 4.39 Å². The van der Waals surface area contributed by atoms with Crippen LogP contribution in [0.15, 0.2) is 52.8 Å². The zero-order chi connectivity index (χ0) is 12.5. The number of nitrogens with zero attached hydrogens (tertiary/aromatic N) is 3. The molecule has 1 aromatic carbocycles. The monoisotopic (exact) mass is 260 g/mol. The van der Waals surface area contributed by atoms with Gasteiger partial charge in [0, 0.05) is 17.3 Å². The number of aromatic nitrogens is 3. The highest BCUT2D eigenvalue weighted by molar-refractivity contribution is 7.99. The minimum Gasteiger partial charge on any atom is -0.382 e. The molecule has 18 heavy (non-hydrogen) atoms. The molecule has 2 aromatic heterocycles. The number of benzene rings is 1. The van der Waals surface area contributed by atoms with Crippen LogP contribution in [0, 0.1) is 5.82 Å². The van der Waals surface area contributed by atoms with E-state index >= 15 is 0 Å². The first kappa shape index (κ1) is 11.0. The number of halogens is 1. The molecule has 2 heterocycles. The minimum atomic E-state index is -0.275. The summed E-state index contributed by atoms with van der Waals surface area (Å²) in [5.74, 6) is 0.127. The fraction of sp³-hybridized carbons (Fsp3) is 0. The largest absolute Gasteiger partial charge is 0.382 e. The van der Waals surface area contributed by atoms with Crippen molar-refractivity contribution in [3.8, 4) is 0 Å². The SMILES string of the molecule is Nc1cn2ccnc2c(Sc2cccc(F)c2)n1. The van der Waals surface area contributed by atoms with Crippen molar-refractivity contribution in [2.24, 2.45) is 0 Å². The van der Waals surface area contributed by atoms with Crippen LogP contribution >= 0.6 is 11.8 Å². The lowest BCUT2D eigenvalue weighted by molar-refractivity contribution is 0.624. The van der Waals surface area contributed by atoms with Crippen LogP contribution in [0.5, 0.6) is 0 Å². The van der Waals surface area contributed by atoms with Crippen molar-refractivity contribution in [3.63, 3.8) is 0 Å². The molecule has 4 nitrogen and oxygen atoms in total. The Labute approximate surface area is 107 Å². The number of fused-ring (bicyclic) bond motifs is 1. The Kier molecular flexibility index (Phi) is 2.64. The second-order valence-electron chi connectivity index (χ2n) is 3.69. The summed E-state index contributed by atoms with van der Waals surface area (Å²) in [6.45, 7) is 0. The van der Waals surface area contributed by atoms with E-state index in [-0.39, 0.29) is 5.82 Å². The molecule has 2 N–H and O–H groups in total. The predicted octanol–water partition coefficient (Wildman–Crippen LogP) is 2.60. The molecule has 0 unspecified atom stereocenters. The molecule has 0 aliphatic carbocycles. The van der Waals surface area contributed by atoms with E-state index in [1.807, 2.05) is 6.07 Å². The normalized spacial score (nSPS) is 10.9. The van der Waals surface area contributed by atoms with E-state index in [1.54, 1.807) is 29.1 Å². The van der Waals surface area contributed by atoms with Gasteiger partial charge in [-0.1, -0.05) is 17.8 Å². The maximum Gasteiger partial charge on any atom is 0.170 e. The van der Waals surface area contributed by atoms with Crippen molar-refractivity contribution in [2.45, 2.75) is 9.92 Å². The Hall–Kier alpha value is -2.08. The van der Waals surface area contributed by atoms with Crippen LogP contribution in [0.4, 0.5) is 10.2 Å². The number of rotatable bonds is 2. The summed E-state index contributed by atoms with van der Waals surface area (Å²) in [6, 6.07) is 6.34. The molecule has 0 amide bonds. The summed E-state index contributed by atoms with van der Waals surface area (Å²) in [5.41, 5.74) is 6.43. The van der Waals surface area contributed by atoms with Crippen LogP contribution < -0.4 is 5.73 Å². The van der Waals surface area contributed by atoms with Gasteiger partial charge in [-0.05, 0) is 18.2 Å². The van der Waals surface area contributed by atoms with E-state index in [9.17, 15) is 4.39 Å². The van der Waals surface area contributed by atoms with Gasteiger partial charge in [0.2, 0.25) is 0 Å². The number of nitrogens with two attached hydrogens (primary N) is 1. The van der Waals surface area contributed by atoms with Crippen LogP contribution in [-0.4, -0.2) is 14.4 Å². The zero-order valence-corrected chi connectivity index (χ0v) is 10.1. The molecule has 3 rings (SSSR count). The number of hydrogen-bond acceptors (Lipinski definition) is 4. The lowest BCUT2D eigenvalue weighted by atomic mass is 10.4. The predicted molar refractivity (Wildman–Crippen MR) is 67.9 cm³/mol. The van der Waals surface area contributed by atoms with Gasteiger partial charge in [-0.15, -0.1) is 0 Å². The molecule has 0 saturated carbocycles. The lowest BCUT2D eigenvalue weighted by Crippen LogP contribution is -1.97. The highest BCUT2D eigenvalue weighted by Crippen LogP contribution is 2.29. The second kappa shape index (κ2) is 4.30. The van der Waals surface area contributed by atoms with Crippen LogP contribution in [0.25, 0.3) is 5.65 Å². The lowest BCUT2D eigenvalue weighted by Gasteiger charge is -2.04. The molecule has 0 spiro atoms. The highest BCUT2D eigenvalue weighted by atomic mass is 32.2. The van der Waals surface area contributed by atoms with Crippen molar-refractivity contribution in [1.29, 1.82) is 0 Å². The standard InChI is InChI=1S/C12H9FN4S/c13-8-2-1-3-9(6-8)18-12-11-15-4-5-17(11)7-10(14)16-12/h1-7H,14H2. The Morgan fingerprint density at radius 1 is 1.33 bits per heavy atom. The number of imidazole rings is 1. The number of nitrogen functional groups attached to an aromatic ring is 1. The summed E-state index contributed by atoms with van der Waals surface area (Å²) in [5, 5.41) is 0.658. The third-order valence-electron chi connectivity index (χ3n) is 2.37. The summed E-state index contributed by atoms with van der Waals surface area (Å²) in [7, 11) is 0. The first-order chi connectivity index (χ1) is 8.72. The first-order valence-corrected chi connectivity index (χ1v) is 6.06. The van der Waals surface area contributed by atoms with Crippen LogP contribution in [0.3, 0.4) is 0 Å². The van der Waals surface area contributed by atoms with Crippen LogP contribution in [0.2, 0.25) is 0 Å². The maximum absolute atomic E-state index is 13.1. The Morgan fingerprint density at radius 3 is 3.06 bits per heavy atom. The first-order valence-electron chi connectivity index (χ1n) is 5.25. The molecule has 0 saturated heterocycles. The van der Waals surface area contributed by atoms with Gasteiger partial charge in [0.05, 0.1) is 6.20 Å². The molecule has 0 fully saturated rings. The minimum absolute atomic E-state index is 0.275. The Balaban J connectivity index is 2.06. The van der Waals surface area contributed by atoms with Crippen LogP contribution in [-0.2, 0) is 0 Å². The van der Waals surface area contributed by atoms with E-state index < -0.39 is 0 Å². The molecule has 0 radical (unpaired) electrons. The smallest absolute Gasteiger partial charge is 0.170 e. The molecule has 0 bridgehead atoms. The molecule has 90 valence electrons. The number of hydrogen-bond donors (Lipinski definition) is 1. The molecular weight excluding hydrogens is 251 g/mol. The quantitative estimate of drug-likeness (QED) is 0.769. The molecule has 0 atom stereocenters. The van der Waals surface area contributed by atoms with Gasteiger partial charge >= 0.3 is 0 Å². The Morgan fingerprint density at radius 2 is 2.22 bits per heavy atom. The van der Waals surface area contributed by atoms with Gasteiger partial charge in [-0.3, -0.25) is 0 Å². The average Bonchev–Trinajstić information content (AvgIpc) is 2.77.